The molecule has 9 nitrogen and oxygen atoms in total. The number of fused-ring (bicyclic) bond motifs is 1. The molecule has 0 aliphatic heterocycles. The minimum atomic E-state index is -0.371. The van der Waals surface area contributed by atoms with Gasteiger partial charge in [0.1, 0.15) is 12.3 Å². The van der Waals surface area contributed by atoms with Crippen LogP contribution in [0.15, 0.2) is 82.3 Å². The summed E-state index contributed by atoms with van der Waals surface area (Å²) in [5, 5.41) is 12.7. The normalized spacial score (nSPS) is 10.6. The van der Waals surface area contributed by atoms with E-state index >= 15 is 0 Å². The van der Waals surface area contributed by atoms with E-state index in [1.54, 1.807) is 60.7 Å². The summed E-state index contributed by atoms with van der Waals surface area (Å²) in [4.78, 5) is 36.3. The van der Waals surface area contributed by atoms with E-state index in [2.05, 4.69) is 21.0 Å². The predicted octanol–water partition coefficient (Wildman–Crippen LogP) is 2.95. The number of urea groups is 1. The van der Waals surface area contributed by atoms with Crippen LogP contribution in [0.4, 0.5) is 16.2 Å². The van der Waals surface area contributed by atoms with Crippen molar-refractivity contribution in [3.8, 4) is 0 Å². The van der Waals surface area contributed by atoms with E-state index in [-0.39, 0.29) is 30.5 Å². The molecule has 4 aromatic rings. The molecular formula is C22H19N5O4. The summed E-state index contributed by atoms with van der Waals surface area (Å²) in [6.07, 6.45) is 2.74. The molecule has 31 heavy (non-hydrogen) atoms. The van der Waals surface area contributed by atoms with Crippen LogP contribution in [0.2, 0.25) is 0 Å². The lowest BCUT2D eigenvalue weighted by atomic mass is 10.2. The topological polar surface area (TPSA) is 118 Å². The zero-order valence-corrected chi connectivity index (χ0v) is 16.4. The first-order valence-electron chi connectivity index (χ1n) is 9.50. The fraction of sp³-hybridized carbons (Fsp3) is 0.0909. The van der Waals surface area contributed by atoms with E-state index < -0.39 is 0 Å². The molecule has 0 aliphatic rings. The predicted molar refractivity (Wildman–Crippen MR) is 116 cm³/mol. The monoisotopic (exact) mass is 417 g/mol. The van der Waals surface area contributed by atoms with E-state index in [1.807, 2.05) is 0 Å². The number of benzene rings is 2. The fourth-order valence-corrected chi connectivity index (χ4v) is 3.02. The number of nitrogens with one attached hydrogen (secondary N) is 3. The van der Waals surface area contributed by atoms with Gasteiger partial charge in [-0.05, 0) is 48.5 Å². The molecule has 0 bridgehead atoms. The van der Waals surface area contributed by atoms with Gasteiger partial charge in [0.2, 0.25) is 11.3 Å². The molecule has 2 aromatic carbocycles. The molecule has 3 N–H and O–H groups in total. The van der Waals surface area contributed by atoms with Gasteiger partial charge >= 0.3 is 6.03 Å². The molecule has 0 radical (unpaired) electrons. The second kappa shape index (κ2) is 8.95. The van der Waals surface area contributed by atoms with Gasteiger partial charge in [0.25, 0.3) is 0 Å². The van der Waals surface area contributed by atoms with Crippen LogP contribution in [-0.2, 0) is 17.9 Å². The van der Waals surface area contributed by atoms with Crippen molar-refractivity contribution >= 4 is 34.2 Å². The van der Waals surface area contributed by atoms with Crippen molar-refractivity contribution in [3.05, 3.63) is 89.1 Å². The Labute approximate surface area is 176 Å². The van der Waals surface area contributed by atoms with Crippen LogP contribution in [0.3, 0.4) is 0 Å². The number of hydrogen-bond acceptors (Lipinski definition) is 5. The number of hydrogen-bond donors (Lipinski definition) is 3. The molecule has 0 atom stereocenters. The summed E-state index contributed by atoms with van der Waals surface area (Å²) in [7, 11) is 0. The Bertz CT molecular complexity index is 1260. The Hall–Kier alpha value is -4.40. The van der Waals surface area contributed by atoms with Crippen molar-refractivity contribution in [2.45, 2.75) is 13.1 Å². The van der Waals surface area contributed by atoms with Crippen molar-refractivity contribution in [2.24, 2.45) is 0 Å². The zero-order valence-electron chi connectivity index (χ0n) is 16.4. The smallest absolute Gasteiger partial charge is 0.319 e. The van der Waals surface area contributed by atoms with Gasteiger partial charge in [-0.2, -0.15) is 5.10 Å². The Kier molecular flexibility index (Phi) is 5.75. The summed E-state index contributed by atoms with van der Waals surface area (Å²) >= 11 is 0. The molecule has 0 unspecified atom stereocenters. The first-order valence-corrected chi connectivity index (χ1v) is 9.50. The lowest BCUT2D eigenvalue weighted by Crippen LogP contribution is -2.28. The van der Waals surface area contributed by atoms with Crippen molar-refractivity contribution in [2.75, 3.05) is 10.6 Å². The molecule has 2 heterocycles. The van der Waals surface area contributed by atoms with Crippen LogP contribution in [0.5, 0.6) is 0 Å². The van der Waals surface area contributed by atoms with Gasteiger partial charge in [0, 0.05) is 16.8 Å². The van der Waals surface area contributed by atoms with E-state index in [0.29, 0.717) is 28.0 Å². The average molecular weight is 417 g/mol. The quantitative estimate of drug-likeness (QED) is 0.446. The molecule has 3 amide bonds. The SMILES string of the molecule is O=C(Cn1ncc(=O)c2ccccc21)Nc1ccc(NC(=O)NCc2ccco2)cc1. The number of carbonyl (C=O) groups excluding carboxylic acids is 2. The first-order chi connectivity index (χ1) is 15.1. The van der Waals surface area contributed by atoms with Crippen molar-refractivity contribution in [1.82, 2.24) is 15.1 Å². The molecule has 0 fully saturated rings. The number of furan rings is 1. The van der Waals surface area contributed by atoms with E-state index in [0.717, 1.165) is 0 Å². The number of aromatic nitrogens is 2. The van der Waals surface area contributed by atoms with E-state index in [4.69, 9.17) is 4.42 Å². The lowest BCUT2D eigenvalue weighted by Gasteiger charge is -2.11. The fourth-order valence-electron chi connectivity index (χ4n) is 3.02. The Balaban J connectivity index is 1.34. The van der Waals surface area contributed by atoms with Crippen molar-refractivity contribution < 1.29 is 14.0 Å². The third kappa shape index (κ3) is 4.96. The molecular weight excluding hydrogens is 398 g/mol. The highest BCUT2D eigenvalue weighted by molar-refractivity contribution is 5.93. The van der Waals surface area contributed by atoms with Gasteiger partial charge in [-0.25, -0.2) is 4.79 Å². The zero-order chi connectivity index (χ0) is 21.6. The highest BCUT2D eigenvalue weighted by Crippen LogP contribution is 2.14. The highest BCUT2D eigenvalue weighted by Gasteiger charge is 2.09. The van der Waals surface area contributed by atoms with Crippen LogP contribution in [0.25, 0.3) is 10.9 Å². The minimum absolute atomic E-state index is 0.0457. The first kappa shape index (κ1) is 19.9. The highest BCUT2D eigenvalue weighted by atomic mass is 16.3. The molecule has 0 saturated heterocycles. The third-order valence-electron chi connectivity index (χ3n) is 4.49. The molecule has 0 saturated carbocycles. The maximum Gasteiger partial charge on any atom is 0.319 e. The lowest BCUT2D eigenvalue weighted by molar-refractivity contribution is -0.116. The number of amides is 3. The Morgan fingerprint density at radius 2 is 1.68 bits per heavy atom. The standard InChI is InChI=1S/C22H19N5O4/c28-20-13-24-27(19-6-2-1-5-18(19)20)14-21(29)25-15-7-9-16(10-8-15)26-22(30)23-12-17-4-3-11-31-17/h1-11,13H,12,14H2,(H,25,29)(H2,23,26,30). The maximum absolute atomic E-state index is 12.4. The van der Waals surface area contributed by atoms with E-state index in [1.165, 1.54) is 17.1 Å². The molecule has 9 heteroatoms. The molecule has 0 aliphatic carbocycles. The Morgan fingerprint density at radius 1 is 0.935 bits per heavy atom. The van der Waals surface area contributed by atoms with Crippen LogP contribution in [-0.4, -0.2) is 21.7 Å². The van der Waals surface area contributed by atoms with Gasteiger partial charge in [-0.15, -0.1) is 0 Å². The van der Waals surface area contributed by atoms with Gasteiger partial charge in [-0.1, -0.05) is 12.1 Å². The summed E-state index contributed by atoms with van der Waals surface area (Å²) in [6, 6.07) is 16.8. The van der Waals surface area contributed by atoms with Gasteiger partial charge in [-0.3, -0.25) is 14.3 Å². The number of rotatable bonds is 6. The van der Waals surface area contributed by atoms with Crippen LogP contribution < -0.4 is 21.4 Å². The minimum Gasteiger partial charge on any atom is -0.467 e. The molecule has 0 spiro atoms. The summed E-state index contributed by atoms with van der Waals surface area (Å²) in [5.74, 6) is 0.358. The number of para-hydroxylation sites is 1. The average Bonchev–Trinajstić information content (AvgIpc) is 3.30. The third-order valence-corrected chi connectivity index (χ3v) is 4.49. The van der Waals surface area contributed by atoms with Gasteiger partial charge in [0.05, 0.1) is 24.5 Å². The van der Waals surface area contributed by atoms with Gasteiger partial charge in [0.15, 0.2) is 0 Å². The summed E-state index contributed by atoms with van der Waals surface area (Å²) in [5.41, 5.74) is 1.54. The Morgan fingerprint density at radius 3 is 2.42 bits per heavy atom. The van der Waals surface area contributed by atoms with Crippen LogP contribution in [0, 0.1) is 0 Å². The molecule has 156 valence electrons. The summed E-state index contributed by atoms with van der Waals surface area (Å²) in [6.45, 7) is 0.233. The van der Waals surface area contributed by atoms with Crippen molar-refractivity contribution in [3.63, 3.8) is 0 Å². The molecule has 4 rings (SSSR count). The van der Waals surface area contributed by atoms with Crippen molar-refractivity contribution in [1.29, 1.82) is 0 Å². The van der Waals surface area contributed by atoms with Gasteiger partial charge < -0.3 is 20.4 Å². The molecule has 2 aromatic heterocycles. The van der Waals surface area contributed by atoms with Crippen LogP contribution in [0.1, 0.15) is 5.76 Å². The van der Waals surface area contributed by atoms with E-state index in [9.17, 15) is 14.4 Å². The largest absolute Gasteiger partial charge is 0.467 e. The number of nitrogens with zero attached hydrogens (tertiary/aromatic N) is 2. The second-order valence-electron chi connectivity index (χ2n) is 6.70. The second-order valence-corrected chi connectivity index (χ2v) is 6.70. The van der Waals surface area contributed by atoms with Crippen LogP contribution >= 0.6 is 0 Å². The number of anilines is 2. The summed E-state index contributed by atoms with van der Waals surface area (Å²) < 4.78 is 6.63. The maximum atomic E-state index is 12.4. The number of carbonyl (C=O) groups is 2.